The number of nitro benzene ring substituents is 1. The molecule has 2 amide bonds. The van der Waals surface area contributed by atoms with Gasteiger partial charge in [0.05, 0.1) is 16.3 Å². The molecule has 9 heteroatoms. The number of nitriles is 1. The van der Waals surface area contributed by atoms with E-state index in [2.05, 4.69) is 5.10 Å². The van der Waals surface area contributed by atoms with Crippen molar-refractivity contribution in [3.63, 3.8) is 0 Å². The Labute approximate surface area is 201 Å². The molecule has 0 radical (unpaired) electrons. The van der Waals surface area contributed by atoms with Crippen molar-refractivity contribution >= 4 is 23.6 Å². The lowest BCUT2D eigenvalue weighted by molar-refractivity contribution is -0.384. The van der Waals surface area contributed by atoms with Crippen LogP contribution in [-0.2, 0) is 9.59 Å². The van der Waals surface area contributed by atoms with E-state index in [4.69, 9.17) is 0 Å². The number of amides is 2. The fraction of sp³-hybridized carbons (Fsp3) is 0.154. The van der Waals surface area contributed by atoms with E-state index in [0.717, 1.165) is 10.6 Å². The fourth-order valence-corrected chi connectivity index (χ4v) is 3.88. The van der Waals surface area contributed by atoms with Gasteiger partial charge in [-0.1, -0.05) is 25.1 Å². The average Bonchev–Trinajstić information content (AvgIpc) is 3.29. The van der Waals surface area contributed by atoms with Gasteiger partial charge in [0, 0.05) is 41.6 Å². The standard InChI is InChI=1S/C26H21N5O4/c1-3-13-29-25(32)22(17(2)23(15-27)26(29)33)14-19-16-30(20-7-5-4-6-8-20)28-24(19)18-9-11-21(12-10-18)31(34)35/h4-12,14,16H,3,13H2,1-2H3/b22-14+. The molecule has 0 fully saturated rings. The second-order valence-electron chi connectivity index (χ2n) is 7.95. The van der Waals surface area contributed by atoms with Crippen molar-refractivity contribution in [1.82, 2.24) is 14.7 Å². The summed E-state index contributed by atoms with van der Waals surface area (Å²) in [5.74, 6) is -1.07. The van der Waals surface area contributed by atoms with E-state index in [1.807, 2.05) is 43.3 Å². The van der Waals surface area contributed by atoms with E-state index >= 15 is 0 Å². The second-order valence-corrected chi connectivity index (χ2v) is 7.95. The smallest absolute Gasteiger partial charge is 0.271 e. The average molecular weight is 467 g/mol. The zero-order chi connectivity index (χ0) is 25.1. The zero-order valence-electron chi connectivity index (χ0n) is 19.1. The Bertz CT molecular complexity index is 1430. The highest BCUT2D eigenvalue weighted by Crippen LogP contribution is 2.31. The maximum Gasteiger partial charge on any atom is 0.271 e. The minimum Gasteiger partial charge on any atom is -0.274 e. The number of non-ortho nitro benzene ring substituents is 1. The molecule has 0 bridgehead atoms. The maximum atomic E-state index is 13.2. The predicted molar refractivity (Wildman–Crippen MR) is 129 cm³/mol. The number of imide groups is 1. The third-order valence-corrected chi connectivity index (χ3v) is 5.69. The normalized spacial score (nSPS) is 15.0. The number of benzene rings is 2. The summed E-state index contributed by atoms with van der Waals surface area (Å²) in [6.07, 6.45) is 3.92. The molecule has 0 saturated carbocycles. The fourth-order valence-electron chi connectivity index (χ4n) is 3.88. The molecule has 35 heavy (non-hydrogen) atoms. The Morgan fingerprint density at radius 3 is 2.37 bits per heavy atom. The first-order valence-corrected chi connectivity index (χ1v) is 10.9. The van der Waals surface area contributed by atoms with Gasteiger partial charge in [-0.3, -0.25) is 24.6 Å². The Morgan fingerprint density at radius 2 is 1.77 bits per heavy atom. The van der Waals surface area contributed by atoms with Crippen molar-refractivity contribution in [1.29, 1.82) is 5.26 Å². The number of aromatic nitrogens is 2. The predicted octanol–water partition coefficient (Wildman–Crippen LogP) is 4.45. The van der Waals surface area contributed by atoms with Crippen LogP contribution in [-0.4, -0.2) is 38.0 Å². The number of carbonyl (C=O) groups excluding carboxylic acids is 2. The molecule has 0 atom stereocenters. The number of rotatable bonds is 6. The second kappa shape index (κ2) is 9.57. The molecule has 0 saturated heterocycles. The topological polar surface area (TPSA) is 122 Å². The molecule has 3 aromatic rings. The first kappa shape index (κ1) is 23.3. The van der Waals surface area contributed by atoms with Crippen LogP contribution in [0.1, 0.15) is 25.8 Å². The highest BCUT2D eigenvalue weighted by molar-refractivity contribution is 6.19. The lowest BCUT2D eigenvalue weighted by Gasteiger charge is -2.27. The Kier molecular flexibility index (Phi) is 6.38. The molecule has 0 unspecified atom stereocenters. The summed E-state index contributed by atoms with van der Waals surface area (Å²) >= 11 is 0. The molecule has 1 aliphatic rings. The molecule has 1 aliphatic heterocycles. The van der Waals surface area contributed by atoms with Crippen LogP contribution in [0, 0.1) is 21.4 Å². The van der Waals surface area contributed by atoms with Crippen molar-refractivity contribution < 1.29 is 14.5 Å². The van der Waals surface area contributed by atoms with Gasteiger partial charge < -0.3 is 0 Å². The number of hydrogen-bond acceptors (Lipinski definition) is 6. The highest BCUT2D eigenvalue weighted by atomic mass is 16.6. The van der Waals surface area contributed by atoms with Crippen LogP contribution in [0.2, 0.25) is 0 Å². The van der Waals surface area contributed by atoms with E-state index in [9.17, 15) is 25.0 Å². The number of carbonyl (C=O) groups is 2. The molecule has 4 rings (SSSR count). The van der Waals surface area contributed by atoms with Crippen molar-refractivity contribution in [2.45, 2.75) is 20.3 Å². The molecule has 0 aliphatic carbocycles. The third-order valence-electron chi connectivity index (χ3n) is 5.69. The summed E-state index contributed by atoms with van der Waals surface area (Å²) in [6, 6.07) is 17.3. The summed E-state index contributed by atoms with van der Waals surface area (Å²) in [4.78, 5) is 37.6. The van der Waals surface area contributed by atoms with E-state index in [0.29, 0.717) is 28.8 Å². The third kappa shape index (κ3) is 4.37. The Hall–Kier alpha value is -4.84. The maximum absolute atomic E-state index is 13.2. The summed E-state index contributed by atoms with van der Waals surface area (Å²) in [7, 11) is 0. The quantitative estimate of drug-likeness (QED) is 0.228. The van der Waals surface area contributed by atoms with Crippen LogP contribution in [0.15, 0.2) is 77.5 Å². The number of nitrogens with zero attached hydrogens (tertiary/aromatic N) is 5. The van der Waals surface area contributed by atoms with Gasteiger partial charge in [0.2, 0.25) is 0 Å². The van der Waals surface area contributed by atoms with Gasteiger partial charge in [0.25, 0.3) is 17.5 Å². The molecule has 9 nitrogen and oxygen atoms in total. The van der Waals surface area contributed by atoms with Crippen LogP contribution >= 0.6 is 0 Å². The largest absolute Gasteiger partial charge is 0.274 e. The van der Waals surface area contributed by atoms with Gasteiger partial charge in [-0.2, -0.15) is 10.4 Å². The van der Waals surface area contributed by atoms with E-state index in [1.165, 1.54) is 12.1 Å². The molecule has 1 aromatic heterocycles. The zero-order valence-corrected chi connectivity index (χ0v) is 19.1. The minimum absolute atomic E-state index is 0.0511. The van der Waals surface area contributed by atoms with Gasteiger partial charge in [-0.25, -0.2) is 4.68 Å². The van der Waals surface area contributed by atoms with Gasteiger partial charge in [0.15, 0.2) is 0 Å². The van der Waals surface area contributed by atoms with E-state index < -0.39 is 16.7 Å². The van der Waals surface area contributed by atoms with Crippen molar-refractivity contribution in [3.05, 3.63) is 93.2 Å². The van der Waals surface area contributed by atoms with E-state index in [1.54, 1.807) is 36.0 Å². The SMILES string of the molecule is CCCN1C(=O)C(C#N)=C(C)/C(=C\c2cn(-c3ccccc3)nc2-c2ccc([N+](=O)[O-])cc2)C1=O. The summed E-state index contributed by atoms with van der Waals surface area (Å²) in [6.45, 7) is 3.63. The Balaban J connectivity index is 1.91. The van der Waals surface area contributed by atoms with Crippen molar-refractivity contribution in [3.8, 4) is 23.0 Å². The number of nitro groups is 1. The van der Waals surface area contributed by atoms with E-state index in [-0.39, 0.29) is 23.4 Å². The number of para-hydroxylation sites is 1. The summed E-state index contributed by atoms with van der Waals surface area (Å²) in [5, 5.41) is 25.3. The summed E-state index contributed by atoms with van der Waals surface area (Å²) < 4.78 is 1.65. The molecular formula is C26H21N5O4. The Morgan fingerprint density at radius 1 is 1.09 bits per heavy atom. The van der Waals surface area contributed by atoms with Gasteiger partial charge in [-0.15, -0.1) is 0 Å². The van der Waals surface area contributed by atoms with Crippen LogP contribution in [0.3, 0.4) is 0 Å². The molecule has 0 spiro atoms. The van der Waals surface area contributed by atoms with Gasteiger partial charge in [-0.05, 0) is 49.3 Å². The molecule has 174 valence electrons. The molecular weight excluding hydrogens is 446 g/mol. The van der Waals surface area contributed by atoms with Crippen LogP contribution in [0.25, 0.3) is 23.0 Å². The highest BCUT2D eigenvalue weighted by Gasteiger charge is 2.35. The first-order valence-electron chi connectivity index (χ1n) is 10.9. The van der Waals surface area contributed by atoms with Crippen LogP contribution in [0.5, 0.6) is 0 Å². The lowest BCUT2D eigenvalue weighted by Crippen LogP contribution is -2.43. The number of hydrogen-bond donors (Lipinski definition) is 0. The molecule has 2 heterocycles. The molecule has 2 aromatic carbocycles. The first-order chi connectivity index (χ1) is 16.8. The van der Waals surface area contributed by atoms with Crippen LogP contribution < -0.4 is 0 Å². The lowest BCUT2D eigenvalue weighted by atomic mass is 9.93. The summed E-state index contributed by atoms with van der Waals surface area (Å²) in [5.41, 5.74) is 2.86. The van der Waals surface area contributed by atoms with Gasteiger partial charge >= 0.3 is 0 Å². The minimum atomic E-state index is -0.593. The van der Waals surface area contributed by atoms with Crippen molar-refractivity contribution in [2.75, 3.05) is 6.54 Å². The monoisotopic (exact) mass is 467 g/mol. The van der Waals surface area contributed by atoms with Crippen molar-refractivity contribution in [2.24, 2.45) is 0 Å². The molecule has 0 N–H and O–H groups in total. The van der Waals surface area contributed by atoms with Gasteiger partial charge in [0.1, 0.15) is 11.6 Å². The van der Waals surface area contributed by atoms with Crippen LogP contribution in [0.4, 0.5) is 5.69 Å².